The quantitative estimate of drug-likeness (QED) is 0.716. The summed E-state index contributed by atoms with van der Waals surface area (Å²) in [6, 6.07) is 6.82. The van der Waals surface area contributed by atoms with Gasteiger partial charge in [0.2, 0.25) is 0 Å². The van der Waals surface area contributed by atoms with Gasteiger partial charge in [0, 0.05) is 32.8 Å². The number of aromatic nitrogens is 1. The minimum absolute atomic E-state index is 0.149. The van der Waals surface area contributed by atoms with Crippen LogP contribution in [-0.4, -0.2) is 21.7 Å². The molecule has 0 atom stereocenters. The van der Waals surface area contributed by atoms with Gasteiger partial charge in [0.25, 0.3) is 0 Å². The van der Waals surface area contributed by atoms with E-state index in [0.717, 1.165) is 12.3 Å². The van der Waals surface area contributed by atoms with Crippen LogP contribution in [0, 0.1) is 0 Å². The minimum atomic E-state index is -4.50. The molecule has 4 nitrogen and oxygen atoms in total. The van der Waals surface area contributed by atoms with Gasteiger partial charge in [-0.1, -0.05) is 15.9 Å². The van der Waals surface area contributed by atoms with Gasteiger partial charge in [0.05, 0.1) is 11.9 Å². The number of benzene rings is 1. The maximum absolute atomic E-state index is 12.5. The van der Waals surface area contributed by atoms with Crippen LogP contribution >= 0.6 is 15.9 Å². The van der Waals surface area contributed by atoms with Crippen molar-refractivity contribution in [2.45, 2.75) is 6.18 Å². The van der Waals surface area contributed by atoms with Crippen LogP contribution in [0.4, 0.5) is 18.9 Å². The molecule has 0 aliphatic heterocycles. The van der Waals surface area contributed by atoms with Crippen molar-refractivity contribution in [3.05, 3.63) is 46.7 Å². The molecule has 0 unspecified atom stereocenters. The van der Waals surface area contributed by atoms with E-state index in [1.807, 2.05) is 0 Å². The lowest BCUT2D eigenvalue weighted by atomic mass is 10.3. The van der Waals surface area contributed by atoms with Gasteiger partial charge in [-0.25, -0.2) is 9.19 Å². The first-order chi connectivity index (χ1) is 10.5. The second-order valence-electron chi connectivity index (χ2n) is 4.90. The van der Waals surface area contributed by atoms with Crippen molar-refractivity contribution in [1.82, 2.24) is 4.98 Å². The number of alkyl halides is 3. The van der Waals surface area contributed by atoms with E-state index in [9.17, 15) is 17.4 Å². The van der Waals surface area contributed by atoms with E-state index in [-0.39, 0.29) is 5.75 Å². The third-order valence-electron chi connectivity index (χ3n) is 2.44. The van der Waals surface area contributed by atoms with Gasteiger partial charge in [-0.05, 0) is 24.3 Å². The molecule has 0 amide bonds. The summed E-state index contributed by atoms with van der Waals surface area (Å²) in [6.07, 6.45) is -0.519. The topological polar surface area (TPSA) is 51.5 Å². The average molecular weight is 409 g/mol. The highest BCUT2D eigenvalue weighted by molar-refractivity contribution is 9.10. The maximum Gasteiger partial charge on any atom is 0.433 e. The van der Waals surface area contributed by atoms with E-state index >= 15 is 0 Å². The molecule has 0 aliphatic carbocycles. The van der Waals surface area contributed by atoms with Crippen molar-refractivity contribution in [3.63, 3.8) is 0 Å². The third kappa shape index (κ3) is 5.51. The van der Waals surface area contributed by atoms with Crippen LogP contribution in [0.15, 0.2) is 45.4 Å². The fourth-order valence-electron chi connectivity index (χ4n) is 1.66. The Morgan fingerprint density at radius 2 is 1.87 bits per heavy atom. The van der Waals surface area contributed by atoms with Gasteiger partial charge in [-0.2, -0.15) is 17.5 Å². The van der Waals surface area contributed by atoms with Crippen LogP contribution in [0.2, 0.25) is 0 Å². The van der Waals surface area contributed by atoms with Crippen molar-refractivity contribution in [3.8, 4) is 11.5 Å². The van der Waals surface area contributed by atoms with E-state index in [1.54, 1.807) is 12.1 Å². The number of pyridine rings is 1. The van der Waals surface area contributed by atoms with E-state index < -0.39 is 21.6 Å². The lowest BCUT2D eigenvalue weighted by molar-refractivity contribution is -0.141. The number of hydrogen-bond donors (Lipinski definition) is 0. The van der Waals surface area contributed by atoms with Crippen LogP contribution in [-0.2, 0) is 15.9 Å². The number of halogens is 4. The molecule has 0 saturated carbocycles. The van der Waals surface area contributed by atoms with Crippen LogP contribution < -0.4 is 4.74 Å². The summed E-state index contributed by atoms with van der Waals surface area (Å²) in [7, 11) is -2.34. The fourth-order valence-corrected chi connectivity index (χ4v) is 2.73. The van der Waals surface area contributed by atoms with E-state index in [1.165, 1.54) is 24.6 Å². The molecule has 0 fully saturated rings. The van der Waals surface area contributed by atoms with Crippen LogP contribution in [0.3, 0.4) is 0 Å². The Morgan fingerprint density at radius 3 is 2.39 bits per heavy atom. The van der Waals surface area contributed by atoms with E-state index in [2.05, 4.69) is 25.3 Å². The fraction of sp³-hybridized carbons (Fsp3) is 0.214. The predicted molar refractivity (Wildman–Crippen MR) is 85.5 cm³/mol. The van der Waals surface area contributed by atoms with Crippen molar-refractivity contribution < 1.29 is 22.1 Å². The monoisotopic (exact) mass is 408 g/mol. The second kappa shape index (κ2) is 6.48. The molecule has 1 aromatic heterocycles. The highest BCUT2D eigenvalue weighted by Crippen LogP contribution is 2.32. The summed E-state index contributed by atoms with van der Waals surface area (Å²) in [6.45, 7) is 0. The molecule has 9 heteroatoms. The Bertz CT molecular complexity index is 821. The first-order valence-corrected chi connectivity index (χ1v) is 9.34. The molecule has 124 valence electrons. The van der Waals surface area contributed by atoms with Crippen molar-refractivity contribution in [1.29, 1.82) is 0 Å². The van der Waals surface area contributed by atoms with E-state index in [4.69, 9.17) is 4.74 Å². The zero-order chi connectivity index (χ0) is 17.3. The summed E-state index contributed by atoms with van der Waals surface area (Å²) in [5.41, 5.74) is -0.560. The normalized spacial score (nSPS) is 12.1. The van der Waals surface area contributed by atoms with Gasteiger partial charge in [-0.3, -0.25) is 0 Å². The molecule has 0 aliphatic rings. The van der Waals surface area contributed by atoms with Crippen LogP contribution in [0.25, 0.3) is 0 Å². The molecule has 1 aromatic carbocycles. The molecule has 0 radical (unpaired) electrons. The maximum atomic E-state index is 12.5. The Balaban J connectivity index is 2.28. The third-order valence-corrected chi connectivity index (χ3v) is 3.55. The molecule has 0 saturated heterocycles. The Morgan fingerprint density at radius 1 is 1.17 bits per heavy atom. The lowest BCUT2D eigenvalue weighted by Gasteiger charge is -2.09. The van der Waals surface area contributed by atoms with Gasteiger partial charge < -0.3 is 4.74 Å². The molecular weight excluding hydrogens is 397 g/mol. The van der Waals surface area contributed by atoms with Gasteiger partial charge >= 0.3 is 6.18 Å². The lowest BCUT2D eigenvalue weighted by Crippen LogP contribution is -2.07. The molecule has 2 aromatic rings. The molecule has 0 N–H and O–H groups in total. The van der Waals surface area contributed by atoms with Crippen molar-refractivity contribution in [2.75, 3.05) is 12.5 Å². The zero-order valence-electron chi connectivity index (χ0n) is 12.1. The molecule has 2 rings (SSSR count). The van der Waals surface area contributed by atoms with Crippen LogP contribution in [0.1, 0.15) is 5.69 Å². The first kappa shape index (κ1) is 17.7. The molecular formula is C14H12BrF3N2O2S. The second-order valence-corrected chi connectivity index (χ2v) is 8.36. The van der Waals surface area contributed by atoms with Crippen molar-refractivity contribution in [2.24, 2.45) is 4.36 Å². The summed E-state index contributed by atoms with van der Waals surface area (Å²) in [5.74, 6) is 0.485. The zero-order valence-corrected chi connectivity index (χ0v) is 14.5. The van der Waals surface area contributed by atoms with Crippen molar-refractivity contribution >= 4 is 31.3 Å². The number of nitrogens with zero attached hydrogens (tertiary/aromatic N) is 2. The number of rotatable bonds is 3. The smallest absolute Gasteiger partial charge is 0.433 e. The molecule has 0 spiro atoms. The summed E-state index contributed by atoms with van der Waals surface area (Å²) >= 11 is 3.27. The molecule has 0 bridgehead atoms. The summed E-state index contributed by atoms with van der Waals surface area (Å²) < 4.78 is 59.3. The Labute approximate surface area is 140 Å². The highest BCUT2D eigenvalue weighted by atomic mass is 79.9. The summed E-state index contributed by atoms with van der Waals surface area (Å²) in [5, 5.41) is 0. The van der Waals surface area contributed by atoms with Gasteiger partial charge in [0.1, 0.15) is 17.2 Å². The standard InChI is InChI=1S/C14H12BrF3N2O2S/c1-23(2,21)20-10-5-9(15)6-12(7-10)22-11-3-4-13(19-8-11)14(16,17)18/h3-8H,1-2H3. The van der Waals surface area contributed by atoms with Gasteiger partial charge in [0.15, 0.2) is 0 Å². The van der Waals surface area contributed by atoms with E-state index in [0.29, 0.717) is 15.9 Å². The number of ether oxygens (including phenoxy) is 1. The Kier molecular flexibility index (Phi) is 5.00. The number of hydrogen-bond acceptors (Lipinski definition) is 4. The largest absolute Gasteiger partial charge is 0.456 e. The predicted octanol–water partition coefficient (Wildman–Crippen LogP) is 5.01. The van der Waals surface area contributed by atoms with Gasteiger partial charge in [-0.15, -0.1) is 0 Å². The SMILES string of the molecule is CS(C)(=O)=Nc1cc(Br)cc(Oc2ccc(C(F)(F)F)nc2)c1. The highest BCUT2D eigenvalue weighted by Gasteiger charge is 2.32. The minimum Gasteiger partial charge on any atom is -0.456 e. The first-order valence-electron chi connectivity index (χ1n) is 6.22. The average Bonchev–Trinajstić information content (AvgIpc) is 2.35. The Hall–Kier alpha value is -1.61. The molecule has 23 heavy (non-hydrogen) atoms. The molecule has 1 heterocycles. The van der Waals surface area contributed by atoms with Crippen LogP contribution in [0.5, 0.6) is 11.5 Å². The summed E-state index contributed by atoms with van der Waals surface area (Å²) in [4.78, 5) is 3.32.